The predicted octanol–water partition coefficient (Wildman–Crippen LogP) is 3.93. The van der Waals surface area contributed by atoms with Gasteiger partial charge in [-0.3, -0.25) is 4.68 Å². The van der Waals surface area contributed by atoms with Crippen LogP contribution in [0.5, 0.6) is 5.75 Å². The van der Waals surface area contributed by atoms with Crippen LogP contribution in [0.2, 0.25) is 0 Å². The predicted molar refractivity (Wildman–Crippen MR) is 116 cm³/mol. The first-order valence-electron chi connectivity index (χ1n) is 10.8. The second kappa shape index (κ2) is 6.88. The Balaban J connectivity index is 1.69. The summed E-state index contributed by atoms with van der Waals surface area (Å²) in [5.41, 5.74) is 11.7. The molecule has 0 saturated heterocycles. The normalized spacial score (nSPS) is 18.7. The lowest BCUT2D eigenvalue weighted by molar-refractivity contribution is 0.227. The van der Waals surface area contributed by atoms with Crippen molar-refractivity contribution in [2.24, 2.45) is 0 Å². The topological polar surface area (TPSA) is 96.7 Å². The van der Waals surface area contributed by atoms with Crippen LogP contribution in [0.4, 0.5) is 10.2 Å². The van der Waals surface area contributed by atoms with Gasteiger partial charge in [-0.1, -0.05) is 0 Å². The third kappa shape index (κ3) is 2.66. The summed E-state index contributed by atoms with van der Waals surface area (Å²) in [6, 6.07) is 6.58. The van der Waals surface area contributed by atoms with Crippen LogP contribution < -0.4 is 10.5 Å². The smallest absolute Gasteiger partial charge is 0.166 e. The summed E-state index contributed by atoms with van der Waals surface area (Å²) in [5.74, 6) is 1.08. The summed E-state index contributed by atoms with van der Waals surface area (Å²) < 4.78 is 24.6. The van der Waals surface area contributed by atoms with Crippen molar-refractivity contribution in [3.63, 3.8) is 0 Å². The number of pyridine rings is 1. The van der Waals surface area contributed by atoms with E-state index < -0.39 is 6.10 Å². The van der Waals surface area contributed by atoms with E-state index in [9.17, 15) is 4.39 Å². The average Bonchev–Trinajstić information content (AvgIpc) is 3.49. The molecule has 1 aromatic carbocycles. The van der Waals surface area contributed by atoms with Crippen LogP contribution in [0.25, 0.3) is 22.6 Å². The van der Waals surface area contributed by atoms with Crippen molar-refractivity contribution in [2.45, 2.75) is 45.4 Å². The number of nitrogen functional groups attached to an aromatic ring is 1. The molecule has 4 aromatic rings. The van der Waals surface area contributed by atoms with Crippen LogP contribution in [-0.4, -0.2) is 29.5 Å². The highest BCUT2D eigenvalue weighted by atomic mass is 19.1. The van der Waals surface area contributed by atoms with Gasteiger partial charge in [-0.25, -0.2) is 9.37 Å². The number of anilines is 1. The van der Waals surface area contributed by atoms with Gasteiger partial charge >= 0.3 is 0 Å². The number of hydrogen-bond acceptors (Lipinski definition) is 6. The summed E-state index contributed by atoms with van der Waals surface area (Å²) >= 11 is 0. The van der Waals surface area contributed by atoms with E-state index in [-0.39, 0.29) is 17.7 Å². The molecule has 4 heterocycles. The highest BCUT2D eigenvalue weighted by Gasteiger charge is 2.35. The molecule has 2 N–H and O–H groups in total. The van der Waals surface area contributed by atoms with Crippen molar-refractivity contribution in [3.05, 3.63) is 59.4 Å². The van der Waals surface area contributed by atoms with Crippen LogP contribution in [0.1, 0.15) is 49.2 Å². The van der Waals surface area contributed by atoms with E-state index >= 15 is 0 Å². The quantitative estimate of drug-likeness (QED) is 0.490. The molecular weight excluding hydrogens is 409 g/mol. The maximum atomic E-state index is 14.3. The summed E-state index contributed by atoms with van der Waals surface area (Å²) in [7, 11) is 0. The number of hydrogen-bond donors (Lipinski definition) is 1. The number of nitrogens with two attached hydrogens (primary N) is 1. The molecule has 0 fully saturated rings. The highest BCUT2D eigenvalue weighted by molar-refractivity contribution is 5.71. The van der Waals surface area contributed by atoms with Crippen LogP contribution in [0.15, 0.2) is 36.8 Å². The first-order chi connectivity index (χ1) is 15.5. The van der Waals surface area contributed by atoms with Crippen LogP contribution in [0.3, 0.4) is 0 Å². The molecular formula is C23H22FN7O. The minimum absolute atomic E-state index is 0.0138. The second-order valence-electron chi connectivity index (χ2n) is 8.24. The third-order valence-electron chi connectivity index (χ3n) is 6.41. The summed E-state index contributed by atoms with van der Waals surface area (Å²) in [6.45, 7) is 4.67. The zero-order valence-corrected chi connectivity index (χ0v) is 17.8. The number of aryl methyl sites for hydroxylation is 2. The molecule has 0 saturated carbocycles. The number of benzene rings is 1. The molecule has 0 amide bonds. The fourth-order valence-electron chi connectivity index (χ4n) is 4.96. The molecule has 1 unspecified atom stereocenters. The summed E-state index contributed by atoms with van der Waals surface area (Å²) in [6.07, 6.45) is 4.77. The number of fused-ring (bicyclic) bond motifs is 7. The first kappa shape index (κ1) is 19.0. The molecule has 8 nitrogen and oxygen atoms in total. The van der Waals surface area contributed by atoms with Crippen LogP contribution in [0, 0.1) is 5.82 Å². The van der Waals surface area contributed by atoms with Crippen molar-refractivity contribution >= 4 is 5.82 Å². The zero-order chi connectivity index (χ0) is 22.0. The Morgan fingerprint density at radius 2 is 2.16 bits per heavy atom. The van der Waals surface area contributed by atoms with Gasteiger partial charge in [-0.05, 0) is 51.0 Å². The number of ether oxygens (including phenoxy) is 1. The van der Waals surface area contributed by atoms with Gasteiger partial charge in [-0.15, -0.1) is 10.2 Å². The Kier molecular flexibility index (Phi) is 4.08. The van der Waals surface area contributed by atoms with Crippen molar-refractivity contribution in [3.8, 4) is 28.4 Å². The lowest BCUT2D eigenvalue weighted by atomic mass is 9.99. The van der Waals surface area contributed by atoms with Gasteiger partial charge in [0.05, 0.1) is 17.4 Å². The van der Waals surface area contributed by atoms with Crippen molar-refractivity contribution in [1.29, 1.82) is 0 Å². The molecule has 2 atom stereocenters. The molecule has 6 rings (SSSR count). The van der Waals surface area contributed by atoms with E-state index in [2.05, 4.69) is 26.7 Å². The molecule has 2 bridgehead atoms. The fourth-order valence-corrected chi connectivity index (χ4v) is 4.96. The van der Waals surface area contributed by atoms with E-state index in [4.69, 9.17) is 15.6 Å². The largest absolute Gasteiger partial charge is 0.482 e. The van der Waals surface area contributed by atoms with E-state index in [1.807, 2.05) is 17.7 Å². The van der Waals surface area contributed by atoms with Crippen LogP contribution in [-0.2, 0) is 13.0 Å². The maximum absolute atomic E-state index is 14.3. The van der Waals surface area contributed by atoms with Gasteiger partial charge in [0, 0.05) is 35.0 Å². The Bertz CT molecular complexity index is 1360. The Morgan fingerprint density at radius 3 is 3.00 bits per heavy atom. The lowest BCUT2D eigenvalue weighted by Gasteiger charge is -2.23. The Hall–Kier alpha value is -3.75. The van der Waals surface area contributed by atoms with E-state index in [0.717, 1.165) is 47.5 Å². The molecule has 2 aliphatic rings. The van der Waals surface area contributed by atoms with Gasteiger partial charge in [0.1, 0.15) is 18.2 Å². The molecule has 1 aliphatic heterocycles. The van der Waals surface area contributed by atoms with Gasteiger partial charge in [-0.2, -0.15) is 5.10 Å². The SMILES string of the molecule is CCn1nc2c3c1-c1cnc(N)c(c1)O[C@H](C)c1cc(F)ccc1-c1nncn1C3CC2. The summed E-state index contributed by atoms with van der Waals surface area (Å²) in [4.78, 5) is 4.41. The Labute approximate surface area is 183 Å². The summed E-state index contributed by atoms with van der Waals surface area (Å²) in [5, 5.41) is 13.5. The van der Waals surface area contributed by atoms with Crippen molar-refractivity contribution in [1.82, 2.24) is 29.5 Å². The molecule has 1 aliphatic carbocycles. The molecule has 162 valence electrons. The average molecular weight is 431 g/mol. The lowest BCUT2D eigenvalue weighted by Crippen LogP contribution is -2.14. The third-order valence-corrected chi connectivity index (χ3v) is 6.41. The maximum Gasteiger partial charge on any atom is 0.166 e. The van der Waals surface area contributed by atoms with Gasteiger partial charge < -0.3 is 15.0 Å². The molecule has 32 heavy (non-hydrogen) atoms. The molecule has 3 aromatic heterocycles. The molecule has 0 spiro atoms. The van der Waals surface area contributed by atoms with E-state index in [1.165, 1.54) is 12.1 Å². The van der Waals surface area contributed by atoms with E-state index in [0.29, 0.717) is 17.1 Å². The fraction of sp³-hybridized carbons (Fsp3) is 0.304. The standard InChI is InChI=1S/C23H22FN7O/c1-3-31-21-13-8-19(22(25)26-10-13)32-12(2)16-9-14(24)4-5-15(16)23-28-27-11-30(23)18-7-6-17(29-31)20(18)21/h4-5,8-12,18H,3,6-7H2,1-2H3,(H2,25,26)/t12-,18?/m1/s1. The van der Waals surface area contributed by atoms with Crippen molar-refractivity contribution < 1.29 is 9.13 Å². The van der Waals surface area contributed by atoms with Crippen LogP contribution >= 0.6 is 0 Å². The van der Waals surface area contributed by atoms with Gasteiger partial charge in [0.25, 0.3) is 0 Å². The highest BCUT2D eigenvalue weighted by Crippen LogP contribution is 2.44. The number of aromatic nitrogens is 6. The number of nitrogens with zero attached hydrogens (tertiary/aromatic N) is 6. The second-order valence-corrected chi connectivity index (χ2v) is 8.24. The number of rotatable bonds is 1. The minimum Gasteiger partial charge on any atom is -0.482 e. The first-order valence-corrected chi connectivity index (χ1v) is 10.8. The monoisotopic (exact) mass is 431 g/mol. The van der Waals surface area contributed by atoms with Gasteiger partial charge in [0.15, 0.2) is 17.4 Å². The van der Waals surface area contributed by atoms with Crippen molar-refractivity contribution in [2.75, 3.05) is 5.73 Å². The molecule has 0 radical (unpaired) electrons. The minimum atomic E-state index is -0.487. The Morgan fingerprint density at radius 1 is 1.28 bits per heavy atom. The molecule has 9 heteroatoms. The zero-order valence-electron chi connectivity index (χ0n) is 17.8. The number of halogens is 1. The van der Waals surface area contributed by atoms with Gasteiger partial charge in [0.2, 0.25) is 0 Å². The van der Waals surface area contributed by atoms with E-state index in [1.54, 1.807) is 18.6 Å².